The average molecular weight is 418 g/mol. The van der Waals surface area contributed by atoms with Gasteiger partial charge in [0.1, 0.15) is 5.60 Å². The van der Waals surface area contributed by atoms with E-state index < -0.39 is 23.4 Å². The minimum atomic E-state index is -0.725. The molecule has 0 aromatic carbocycles. The normalized spacial score (nSPS) is 14.4. The second-order valence-electron chi connectivity index (χ2n) is 6.55. The van der Waals surface area contributed by atoms with Crippen LogP contribution < -0.4 is 5.32 Å². The second kappa shape index (κ2) is 13.2. The number of nitrogens with zero attached hydrogens (tertiary/aromatic N) is 1. The summed E-state index contributed by atoms with van der Waals surface area (Å²) < 4.78 is 21.2. The van der Waals surface area contributed by atoms with E-state index in [0.717, 1.165) is 0 Å². The number of hydroxylamine groups is 2. The van der Waals surface area contributed by atoms with E-state index in [4.69, 9.17) is 23.8 Å². The summed E-state index contributed by atoms with van der Waals surface area (Å²) in [5, 5.41) is 3.17. The molecule has 3 amide bonds. The standard InChI is InChI=1S/C18H30N2O9/c1-25-11-18(27-3,12-26-2)13-28-10-9-19-14(21)5-4-6-17(24)29-20-15(22)7-8-16(20)23/h4-13H2,1-3H3,(H,19,21). The maximum absolute atomic E-state index is 11.8. The van der Waals surface area contributed by atoms with Gasteiger partial charge in [-0.1, -0.05) is 0 Å². The molecule has 0 aliphatic carbocycles. The third kappa shape index (κ3) is 8.86. The van der Waals surface area contributed by atoms with Crippen LogP contribution in [0.5, 0.6) is 0 Å². The first-order chi connectivity index (χ1) is 13.9. The third-order valence-electron chi connectivity index (χ3n) is 4.17. The summed E-state index contributed by atoms with van der Waals surface area (Å²) in [5.41, 5.74) is -0.716. The van der Waals surface area contributed by atoms with Crippen LogP contribution in [0.25, 0.3) is 0 Å². The van der Waals surface area contributed by atoms with Crippen LogP contribution in [0.2, 0.25) is 0 Å². The Kier molecular flexibility index (Phi) is 11.4. The number of carbonyl (C=O) groups is 4. The molecule has 0 atom stereocenters. The molecule has 1 saturated heterocycles. The van der Waals surface area contributed by atoms with Gasteiger partial charge in [0.2, 0.25) is 5.91 Å². The molecule has 29 heavy (non-hydrogen) atoms. The van der Waals surface area contributed by atoms with Crippen molar-refractivity contribution in [3.05, 3.63) is 0 Å². The number of nitrogens with one attached hydrogen (secondary N) is 1. The molecule has 0 radical (unpaired) electrons. The van der Waals surface area contributed by atoms with Gasteiger partial charge < -0.3 is 29.1 Å². The highest BCUT2D eigenvalue weighted by molar-refractivity contribution is 6.01. The molecule has 0 saturated carbocycles. The van der Waals surface area contributed by atoms with Crippen LogP contribution in [-0.4, -0.2) is 88.7 Å². The van der Waals surface area contributed by atoms with Crippen molar-refractivity contribution in [2.75, 3.05) is 54.3 Å². The third-order valence-corrected chi connectivity index (χ3v) is 4.17. The fourth-order valence-electron chi connectivity index (χ4n) is 2.64. The van der Waals surface area contributed by atoms with Crippen LogP contribution in [-0.2, 0) is 43.0 Å². The van der Waals surface area contributed by atoms with E-state index in [1.54, 1.807) is 21.3 Å². The Morgan fingerprint density at radius 2 is 1.62 bits per heavy atom. The predicted octanol–water partition coefficient (Wildman–Crippen LogP) is -0.425. The quantitative estimate of drug-likeness (QED) is 0.278. The lowest BCUT2D eigenvalue weighted by Gasteiger charge is -2.30. The van der Waals surface area contributed by atoms with E-state index in [0.29, 0.717) is 24.8 Å². The van der Waals surface area contributed by atoms with Gasteiger partial charge in [-0.25, -0.2) is 4.79 Å². The van der Waals surface area contributed by atoms with Gasteiger partial charge in [-0.3, -0.25) is 14.4 Å². The number of imide groups is 1. The minimum absolute atomic E-state index is 0.0407. The van der Waals surface area contributed by atoms with Gasteiger partial charge in [-0.05, 0) is 6.42 Å². The average Bonchev–Trinajstić information content (AvgIpc) is 3.00. The summed E-state index contributed by atoms with van der Waals surface area (Å²) >= 11 is 0. The maximum Gasteiger partial charge on any atom is 0.333 e. The van der Waals surface area contributed by atoms with Crippen molar-refractivity contribution in [2.24, 2.45) is 0 Å². The van der Waals surface area contributed by atoms with Crippen molar-refractivity contribution < 1.29 is 43.0 Å². The lowest BCUT2D eigenvalue weighted by atomic mass is 10.1. The number of carbonyl (C=O) groups excluding carboxylic acids is 4. The van der Waals surface area contributed by atoms with Crippen molar-refractivity contribution in [1.82, 2.24) is 10.4 Å². The number of rotatable bonds is 15. The molecule has 166 valence electrons. The molecule has 1 heterocycles. The summed E-state index contributed by atoms with van der Waals surface area (Å²) in [6, 6.07) is 0. The van der Waals surface area contributed by atoms with E-state index in [9.17, 15) is 19.2 Å². The smallest absolute Gasteiger partial charge is 0.333 e. The first-order valence-corrected chi connectivity index (χ1v) is 9.31. The summed E-state index contributed by atoms with van der Waals surface area (Å²) in [7, 11) is 4.66. The van der Waals surface area contributed by atoms with Gasteiger partial charge in [0, 0.05) is 53.6 Å². The molecule has 0 spiro atoms. The molecule has 0 aromatic heterocycles. The van der Waals surface area contributed by atoms with Crippen molar-refractivity contribution in [3.63, 3.8) is 0 Å². The molecular weight excluding hydrogens is 388 g/mol. The summed E-state index contributed by atoms with van der Waals surface area (Å²) in [6.45, 7) is 1.40. The van der Waals surface area contributed by atoms with Crippen molar-refractivity contribution >= 4 is 23.7 Å². The lowest BCUT2D eigenvalue weighted by molar-refractivity contribution is -0.197. The van der Waals surface area contributed by atoms with Crippen molar-refractivity contribution in [2.45, 2.75) is 37.7 Å². The molecule has 1 aliphatic rings. The van der Waals surface area contributed by atoms with Crippen LogP contribution in [0.4, 0.5) is 0 Å². The molecule has 1 fully saturated rings. The van der Waals surface area contributed by atoms with E-state index in [-0.39, 0.29) is 51.2 Å². The molecule has 0 aromatic rings. The molecule has 1 aliphatic heterocycles. The molecule has 0 unspecified atom stereocenters. The Bertz CT molecular complexity index is 546. The number of amides is 3. The van der Waals surface area contributed by atoms with Gasteiger partial charge in [0.15, 0.2) is 0 Å². The van der Waals surface area contributed by atoms with Crippen LogP contribution in [0.3, 0.4) is 0 Å². The van der Waals surface area contributed by atoms with Crippen molar-refractivity contribution in [3.8, 4) is 0 Å². The first kappa shape index (κ1) is 25.0. The minimum Gasteiger partial charge on any atom is -0.382 e. The fraction of sp³-hybridized carbons (Fsp3) is 0.778. The number of hydrogen-bond acceptors (Lipinski definition) is 9. The largest absolute Gasteiger partial charge is 0.382 e. The van der Waals surface area contributed by atoms with E-state index >= 15 is 0 Å². The van der Waals surface area contributed by atoms with Gasteiger partial charge in [0.05, 0.1) is 26.4 Å². The molecule has 1 rings (SSSR count). The van der Waals surface area contributed by atoms with Gasteiger partial charge in [-0.2, -0.15) is 0 Å². The highest BCUT2D eigenvalue weighted by atomic mass is 16.7. The molecule has 11 nitrogen and oxygen atoms in total. The Balaban J connectivity index is 2.15. The Hall–Kier alpha value is -2.08. The van der Waals surface area contributed by atoms with Crippen molar-refractivity contribution in [1.29, 1.82) is 0 Å². The predicted molar refractivity (Wildman–Crippen MR) is 98.4 cm³/mol. The number of methoxy groups -OCH3 is 3. The Morgan fingerprint density at radius 3 is 2.17 bits per heavy atom. The molecule has 11 heteroatoms. The summed E-state index contributed by atoms with van der Waals surface area (Å²) in [6.07, 6.45) is 0.339. The lowest BCUT2D eigenvalue weighted by Crippen LogP contribution is -2.46. The fourth-order valence-corrected chi connectivity index (χ4v) is 2.64. The Morgan fingerprint density at radius 1 is 1.00 bits per heavy atom. The van der Waals surface area contributed by atoms with Crippen LogP contribution in [0.15, 0.2) is 0 Å². The topological polar surface area (TPSA) is 130 Å². The van der Waals surface area contributed by atoms with Crippen LogP contribution in [0, 0.1) is 0 Å². The van der Waals surface area contributed by atoms with E-state index in [1.165, 1.54) is 0 Å². The van der Waals surface area contributed by atoms with E-state index in [1.807, 2.05) is 0 Å². The summed E-state index contributed by atoms with van der Waals surface area (Å²) in [4.78, 5) is 50.9. The number of hydrogen-bond donors (Lipinski definition) is 1. The maximum atomic E-state index is 11.8. The SMILES string of the molecule is COCC(COC)(COCCNC(=O)CCCC(=O)ON1C(=O)CCC1=O)OC. The highest BCUT2D eigenvalue weighted by Crippen LogP contribution is 2.13. The zero-order valence-corrected chi connectivity index (χ0v) is 17.2. The zero-order chi connectivity index (χ0) is 21.7. The second-order valence-corrected chi connectivity index (χ2v) is 6.55. The molecule has 1 N–H and O–H groups in total. The van der Waals surface area contributed by atoms with E-state index in [2.05, 4.69) is 5.32 Å². The highest BCUT2D eigenvalue weighted by Gasteiger charge is 2.33. The zero-order valence-electron chi connectivity index (χ0n) is 17.2. The Labute approximate surface area is 169 Å². The van der Waals surface area contributed by atoms with Crippen LogP contribution >= 0.6 is 0 Å². The van der Waals surface area contributed by atoms with Gasteiger partial charge in [0.25, 0.3) is 11.8 Å². The molecule has 0 bridgehead atoms. The number of ether oxygens (including phenoxy) is 4. The first-order valence-electron chi connectivity index (χ1n) is 9.31. The van der Waals surface area contributed by atoms with Gasteiger partial charge >= 0.3 is 5.97 Å². The summed E-state index contributed by atoms with van der Waals surface area (Å²) in [5.74, 6) is -2.04. The van der Waals surface area contributed by atoms with Crippen LogP contribution in [0.1, 0.15) is 32.1 Å². The monoisotopic (exact) mass is 418 g/mol. The molecular formula is C18H30N2O9. The van der Waals surface area contributed by atoms with Gasteiger partial charge in [-0.15, -0.1) is 5.06 Å².